The van der Waals surface area contributed by atoms with Gasteiger partial charge in [0.05, 0.1) is 31.1 Å². The molecule has 0 fully saturated rings. The Balaban J connectivity index is 0.931. The van der Waals surface area contributed by atoms with Crippen molar-refractivity contribution in [2.45, 2.75) is 238 Å². The van der Waals surface area contributed by atoms with E-state index in [4.69, 9.17) is 0 Å². The van der Waals surface area contributed by atoms with Crippen LogP contribution < -0.4 is 21.4 Å². The van der Waals surface area contributed by atoms with E-state index in [9.17, 15) is 0 Å². The van der Waals surface area contributed by atoms with Gasteiger partial charge in [0.1, 0.15) is 0 Å². The van der Waals surface area contributed by atoms with Gasteiger partial charge in [-0.05, 0) is 167 Å². The van der Waals surface area contributed by atoms with Gasteiger partial charge in [-0.3, -0.25) is 0 Å². The molecule has 87 heavy (non-hydrogen) atoms. The average Bonchev–Trinajstić information content (AvgIpc) is 1.64. The van der Waals surface area contributed by atoms with Gasteiger partial charge in [-0.25, -0.2) is 0 Å². The first kappa shape index (κ1) is 63.0. The Morgan fingerprint density at radius 3 is 1.10 bits per heavy atom. The molecule has 2 atom stereocenters. The van der Waals surface area contributed by atoms with Crippen LogP contribution in [0.2, 0.25) is 0 Å². The Morgan fingerprint density at radius 1 is 0.299 bits per heavy atom. The van der Waals surface area contributed by atoms with Gasteiger partial charge < -0.3 is 19.9 Å². The van der Waals surface area contributed by atoms with Crippen molar-refractivity contribution in [2.75, 3.05) is 0 Å². The second-order valence-electron chi connectivity index (χ2n) is 26.6. The molecular formula is C81H100Br2N4. The SMILES string of the molecule is CCCCCCCCCCCCCCCCC1(CCCCCCCCCC)c2ccccc2-c2ccc(C3=c4ccc([nH]4)=C(Br)c4ccc([nH]4)C(c4ccc5c(c4)C(C)(CCCCCCCC)c4ccccc4-5)=c4ccc([nH]4)=C(Br)c4ccc3[nH]4)cc21. The summed E-state index contributed by atoms with van der Waals surface area (Å²) in [6.45, 7) is 9.45. The maximum atomic E-state index is 4.17. The second-order valence-corrected chi connectivity index (χ2v) is 28.2. The van der Waals surface area contributed by atoms with Gasteiger partial charge in [0.2, 0.25) is 0 Å². The van der Waals surface area contributed by atoms with E-state index in [0.717, 1.165) is 65.1 Å². The van der Waals surface area contributed by atoms with Crippen LogP contribution in [0.3, 0.4) is 0 Å². The van der Waals surface area contributed by atoms with Crippen molar-refractivity contribution < 1.29 is 0 Å². The van der Waals surface area contributed by atoms with Crippen molar-refractivity contribution in [3.63, 3.8) is 0 Å². The zero-order valence-corrected chi connectivity index (χ0v) is 56.5. The predicted octanol–water partition coefficient (Wildman–Crippen LogP) is 21.6. The van der Waals surface area contributed by atoms with E-state index in [2.05, 4.69) is 213 Å². The highest BCUT2D eigenvalue weighted by Gasteiger charge is 2.43. The smallest absolute Gasteiger partial charge is 0.0645 e. The maximum absolute atomic E-state index is 4.17. The second kappa shape index (κ2) is 30.3. The summed E-state index contributed by atoms with van der Waals surface area (Å²) in [5, 5.41) is 4.20. The lowest BCUT2D eigenvalue weighted by atomic mass is 9.70. The molecule has 2 unspecified atom stereocenters. The summed E-state index contributed by atoms with van der Waals surface area (Å²) in [5.41, 5.74) is 20.5. The Hall–Kier alpha value is -5.56. The van der Waals surface area contributed by atoms with Crippen molar-refractivity contribution in [3.05, 3.63) is 211 Å². The number of fused-ring (bicyclic) bond motifs is 14. The molecule has 5 heterocycles. The van der Waals surface area contributed by atoms with Gasteiger partial charge in [0, 0.05) is 44.1 Å². The number of nitrogens with one attached hydrogen (secondary N) is 4. The van der Waals surface area contributed by atoms with Crippen LogP contribution in [-0.2, 0) is 10.8 Å². The summed E-state index contributed by atoms with van der Waals surface area (Å²) in [4.78, 5) is 15.9. The molecule has 4 aromatic carbocycles. The van der Waals surface area contributed by atoms with Crippen LogP contribution in [0.25, 0.3) is 42.4 Å². The fourth-order valence-corrected chi connectivity index (χ4v) is 16.5. The van der Waals surface area contributed by atoms with Gasteiger partial charge >= 0.3 is 0 Å². The highest BCUT2D eigenvalue weighted by molar-refractivity contribution is 9.15. The molecule has 4 nitrogen and oxygen atoms in total. The van der Waals surface area contributed by atoms with Crippen LogP contribution in [0.5, 0.6) is 0 Å². The standard InChI is InChI=1S/C81H100Br2N4/c1-5-8-11-14-17-19-20-21-22-23-24-26-29-36-55-81(54-35-28-25-18-15-12-9-6-2)65-40-33-31-38-61(65)63-44-42-59(57-67(63)81)77-70-47-51-74(86-70)78(82)72-49-45-68(84-72)76(69-46-50-73(85-69)79(83)75-52-48-71(77)87-75)58-41-43-62-60-37-30-32-39-64(60)80(4,66(62)56-58)53-34-27-16-13-10-7-3/h30-33,37-52,56-57,84-87H,5-29,34-36,53-55H2,1-4H3. The van der Waals surface area contributed by atoms with E-state index in [-0.39, 0.29) is 10.8 Å². The summed E-state index contributed by atoms with van der Waals surface area (Å²) in [5.74, 6) is 0. The number of unbranched alkanes of at least 4 members (excludes halogenated alkanes) is 25. The lowest BCUT2D eigenvalue weighted by Crippen LogP contribution is -2.26. The molecule has 4 N–H and O–H groups in total. The van der Waals surface area contributed by atoms with Crippen molar-refractivity contribution in [1.82, 2.24) is 19.9 Å². The molecule has 0 radical (unpaired) electrons. The van der Waals surface area contributed by atoms with Gasteiger partial charge in [0.15, 0.2) is 0 Å². The zero-order valence-electron chi connectivity index (χ0n) is 53.4. The lowest BCUT2D eigenvalue weighted by molar-refractivity contribution is 0.397. The summed E-state index contributed by atoms with van der Waals surface area (Å²) >= 11 is 8.34. The topological polar surface area (TPSA) is 63.2 Å². The number of hydrogen-bond acceptors (Lipinski definition) is 0. The highest BCUT2D eigenvalue weighted by atomic mass is 79.9. The number of benzene rings is 4. The third kappa shape index (κ3) is 14.1. The molecule has 1 aliphatic heterocycles. The number of aromatic amines is 4. The molecule has 8 aromatic rings. The van der Waals surface area contributed by atoms with Gasteiger partial charge in [-0.2, -0.15) is 0 Å². The van der Waals surface area contributed by atoms with Crippen LogP contribution in [0, 0.1) is 0 Å². The fraction of sp³-hybridized carbons (Fsp3) is 0.457. The first-order chi connectivity index (χ1) is 42.8. The number of halogens is 2. The van der Waals surface area contributed by atoms with Crippen molar-refractivity contribution >= 4 is 52.0 Å². The molecule has 8 bridgehead atoms. The van der Waals surface area contributed by atoms with Gasteiger partial charge in [0.25, 0.3) is 0 Å². The Kier molecular flexibility index (Phi) is 21.9. The van der Waals surface area contributed by atoms with Crippen LogP contribution in [0.4, 0.5) is 0 Å². The monoisotopic (exact) mass is 1290 g/mol. The molecule has 6 heteroatoms. The van der Waals surface area contributed by atoms with Crippen LogP contribution >= 0.6 is 31.9 Å². The molecule has 11 rings (SSSR count). The largest absolute Gasteiger partial charge is 0.354 e. The molecule has 458 valence electrons. The molecule has 0 saturated carbocycles. The molecule has 0 saturated heterocycles. The van der Waals surface area contributed by atoms with E-state index in [1.165, 1.54) is 248 Å². The first-order valence-corrected chi connectivity index (χ1v) is 36.4. The summed E-state index contributed by atoms with van der Waals surface area (Å²) in [6.07, 6.45) is 41.3. The molecule has 0 amide bonds. The minimum Gasteiger partial charge on any atom is -0.354 e. The lowest BCUT2D eigenvalue weighted by Gasteiger charge is -2.33. The molecular weight excluding hydrogens is 1190 g/mol. The van der Waals surface area contributed by atoms with Crippen molar-refractivity contribution in [2.24, 2.45) is 0 Å². The average molecular weight is 1290 g/mol. The fourth-order valence-electron chi connectivity index (χ4n) is 15.6. The van der Waals surface area contributed by atoms with Crippen LogP contribution in [-0.4, -0.2) is 19.9 Å². The molecule has 2 aliphatic carbocycles. The number of hydrogen-bond donors (Lipinski definition) is 4. The van der Waals surface area contributed by atoms with Gasteiger partial charge in [-0.15, -0.1) is 0 Å². The Morgan fingerprint density at radius 2 is 0.644 bits per heavy atom. The number of H-pyrrole nitrogens is 4. The molecule has 3 aliphatic rings. The Bertz CT molecular complexity index is 3820. The van der Waals surface area contributed by atoms with Crippen LogP contribution in [0.1, 0.15) is 283 Å². The van der Waals surface area contributed by atoms with E-state index in [0.29, 0.717) is 0 Å². The van der Waals surface area contributed by atoms with Crippen LogP contribution in [0.15, 0.2) is 133 Å². The summed E-state index contributed by atoms with van der Waals surface area (Å²) in [7, 11) is 0. The van der Waals surface area contributed by atoms with Crippen molar-refractivity contribution in [3.8, 4) is 22.3 Å². The number of rotatable bonds is 33. The minimum absolute atomic E-state index is 0.0277. The maximum Gasteiger partial charge on any atom is 0.0645 e. The third-order valence-electron chi connectivity index (χ3n) is 20.5. The van der Waals surface area contributed by atoms with E-state index in [1.54, 1.807) is 5.56 Å². The summed E-state index contributed by atoms with van der Waals surface area (Å²) in [6, 6.07) is 51.5. The first-order valence-electron chi connectivity index (χ1n) is 34.8. The van der Waals surface area contributed by atoms with Gasteiger partial charge in [-0.1, -0.05) is 280 Å². The summed E-state index contributed by atoms with van der Waals surface area (Å²) < 4.78 is 2.00. The van der Waals surface area contributed by atoms with E-state index >= 15 is 0 Å². The molecule has 4 aromatic heterocycles. The Labute approximate surface area is 539 Å². The minimum atomic E-state index is -0.0696. The quantitative estimate of drug-likeness (QED) is 0.0296. The van der Waals surface area contributed by atoms with E-state index < -0.39 is 0 Å². The normalized spacial score (nSPS) is 16.7. The third-order valence-corrected chi connectivity index (χ3v) is 22.2. The predicted molar refractivity (Wildman–Crippen MR) is 379 cm³/mol. The molecule has 0 spiro atoms. The zero-order chi connectivity index (χ0) is 60.0. The number of aromatic nitrogens is 4. The van der Waals surface area contributed by atoms with Crippen molar-refractivity contribution in [1.29, 1.82) is 0 Å². The van der Waals surface area contributed by atoms with E-state index in [1.807, 2.05) is 0 Å². The highest BCUT2D eigenvalue weighted by Crippen LogP contribution is 2.55.